The largest absolute Gasteiger partial charge is 0.330 e. The van der Waals surface area contributed by atoms with Crippen LogP contribution in [0.3, 0.4) is 0 Å². The van der Waals surface area contributed by atoms with Crippen molar-refractivity contribution in [3.05, 3.63) is 29.8 Å². The summed E-state index contributed by atoms with van der Waals surface area (Å²) in [5.41, 5.74) is 2.25. The molecule has 88 valence electrons. The monoisotopic (exact) mass is 218 g/mol. The summed E-state index contributed by atoms with van der Waals surface area (Å²) in [7, 11) is 0. The van der Waals surface area contributed by atoms with E-state index in [1.165, 1.54) is 5.56 Å². The molecule has 0 saturated carbocycles. The van der Waals surface area contributed by atoms with Gasteiger partial charge in [0.25, 0.3) is 0 Å². The second kappa shape index (κ2) is 4.69. The van der Waals surface area contributed by atoms with E-state index in [-0.39, 0.29) is 5.41 Å². The molecule has 0 aliphatic heterocycles. The molecule has 2 heteroatoms. The molecular weight excluding hydrogens is 196 g/mol. The Hall–Kier alpha value is -1.31. The Balaban J connectivity index is 2.99. The lowest BCUT2D eigenvalue weighted by molar-refractivity contribution is 0.573. The SMILES string of the molecule is CCN(C(=N)C(C)(C)C)c1ccc(C)cc1. The molecule has 0 atom stereocenters. The molecule has 0 heterocycles. The number of nitrogens with one attached hydrogen (secondary N) is 1. The number of amidine groups is 1. The van der Waals surface area contributed by atoms with Gasteiger partial charge in [-0.1, -0.05) is 38.5 Å². The van der Waals surface area contributed by atoms with E-state index in [2.05, 4.69) is 63.8 Å². The van der Waals surface area contributed by atoms with Crippen LogP contribution in [0, 0.1) is 17.7 Å². The highest BCUT2D eigenvalue weighted by atomic mass is 15.2. The summed E-state index contributed by atoms with van der Waals surface area (Å²) < 4.78 is 0. The minimum Gasteiger partial charge on any atom is -0.330 e. The van der Waals surface area contributed by atoms with Crippen molar-refractivity contribution in [3.63, 3.8) is 0 Å². The van der Waals surface area contributed by atoms with E-state index < -0.39 is 0 Å². The van der Waals surface area contributed by atoms with Gasteiger partial charge in [-0.15, -0.1) is 0 Å². The van der Waals surface area contributed by atoms with Crippen LogP contribution in [0.4, 0.5) is 5.69 Å². The fourth-order valence-electron chi connectivity index (χ4n) is 1.60. The van der Waals surface area contributed by atoms with E-state index in [4.69, 9.17) is 5.41 Å². The minimum atomic E-state index is -0.110. The molecule has 0 aliphatic carbocycles. The number of aryl methyl sites for hydroxylation is 1. The Morgan fingerprint density at radius 1 is 1.19 bits per heavy atom. The molecule has 0 amide bonds. The van der Waals surface area contributed by atoms with Crippen LogP contribution in [0.1, 0.15) is 33.3 Å². The molecule has 0 spiro atoms. The topological polar surface area (TPSA) is 27.1 Å². The zero-order chi connectivity index (χ0) is 12.3. The normalized spacial score (nSPS) is 11.3. The standard InChI is InChI=1S/C14H22N2/c1-6-16(13(15)14(3,4)5)12-9-7-11(2)8-10-12/h7-10,15H,6H2,1-5H3. The van der Waals surface area contributed by atoms with E-state index in [1.54, 1.807) is 0 Å². The molecule has 0 fully saturated rings. The van der Waals surface area contributed by atoms with Crippen LogP contribution in [0.5, 0.6) is 0 Å². The van der Waals surface area contributed by atoms with Crippen LogP contribution in [0.2, 0.25) is 0 Å². The summed E-state index contributed by atoms with van der Waals surface area (Å²) in [6.07, 6.45) is 0. The third-order valence-corrected chi connectivity index (χ3v) is 2.64. The first-order valence-corrected chi connectivity index (χ1v) is 5.79. The smallest absolute Gasteiger partial charge is 0.106 e. The number of hydrogen-bond acceptors (Lipinski definition) is 1. The predicted octanol–water partition coefficient (Wildman–Crippen LogP) is 3.84. The maximum Gasteiger partial charge on any atom is 0.106 e. The summed E-state index contributed by atoms with van der Waals surface area (Å²) in [6, 6.07) is 8.35. The third-order valence-electron chi connectivity index (χ3n) is 2.64. The van der Waals surface area contributed by atoms with Crippen molar-refractivity contribution in [3.8, 4) is 0 Å². The molecule has 16 heavy (non-hydrogen) atoms. The summed E-state index contributed by atoms with van der Waals surface area (Å²) in [4.78, 5) is 2.06. The van der Waals surface area contributed by atoms with Crippen molar-refractivity contribution < 1.29 is 0 Å². The first-order chi connectivity index (χ1) is 7.36. The number of nitrogens with zero attached hydrogens (tertiary/aromatic N) is 1. The van der Waals surface area contributed by atoms with Crippen LogP contribution in [-0.4, -0.2) is 12.4 Å². The lowest BCUT2D eigenvalue weighted by Gasteiger charge is -2.31. The Bertz CT molecular complexity index is 357. The molecule has 1 N–H and O–H groups in total. The lowest BCUT2D eigenvalue weighted by atomic mass is 9.93. The van der Waals surface area contributed by atoms with Gasteiger partial charge in [0.15, 0.2) is 0 Å². The Morgan fingerprint density at radius 3 is 2.06 bits per heavy atom. The molecule has 0 saturated heterocycles. The average molecular weight is 218 g/mol. The molecule has 1 rings (SSSR count). The molecule has 2 nitrogen and oxygen atoms in total. The van der Waals surface area contributed by atoms with Crippen LogP contribution < -0.4 is 4.90 Å². The molecule has 0 unspecified atom stereocenters. The summed E-state index contributed by atoms with van der Waals surface area (Å²) >= 11 is 0. The van der Waals surface area contributed by atoms with E-state index >= 15 is 0 Å². The van der Waals surface area contributed by atoms with Gasteiger partial charge in [-0.05, 0) is 26.0 Å². The first-order valence-electron chi connectivity index (χ1n) is 5.79. The lowest BCUT2D eigenvalue weighted by Crippen LogP contribution is -2.38. The van der Waals surface area contributed by atoms with Gasteiger partial charge < -0.3 is 4.90 Å². The number of hydrogen-bond donors (Lipinski definition) is 1. The minimum absolute atomic E-state index is 0.110. The van der Waals surface area contributed by atoms with Gasteiger partial charge in [0, 0.05) is 17.6 Å². The molecule has 0 radical (unpaired) electrons. The fourth-order valence-corrected chi connectivity index (χ4v) is 1.60. The second-order valence-electron chi connectivity index (χ2n) is 5.18. The van der Waals surface area contributed by atoms with Crippen molar-refractivity contribution in [1.82, 2.24) is 0 Å². The van der Waals surface area contributed by atoms with Crippen molar-refractivity contribution in [2.45, 2.75) is 34.6 Å². The summed E-state index contributed by atoms with van der Waals surface area (Å²) in [6.45, 7) is 11.2. The molecule has 0 bridgehead atoms. The van der Waals surface area contributed by atoms with E-state index in [0.717, 1.165) is 12.2 Å². The van der Waals surface area contributed by atoms with Crippen LogP contribution in [-0.2, 0) is 0 Å². The highest BCUT2D eigenvalue weighted by Gasteiger charge is 2.23. The summed E-state index contributed by atoms with van der Waals surface area (Å²) in [5, 5.41) is 8.21. The van der Waals surface area contributed by atoms with Crippen molar-refractivity contribution in [2.24, 2.45) is 5.41 Å². The van der Waals surface area contributed by atoms with Crippen LogP contribution in [0.25, 0.3) is 0 Å². The molecule has 0 aliphatic rings. The van der Waals surface area contributed by atoms with Crippen LogP contribution in [0.15, 0.2) is 24.3 Å². The van der Waals surface area contributed by atoms with Gasteiger partial charge in [0.05, 0.1) is 0 Å². The first kappa shape index (κ1) is 12.8. The van der Waals surface area contributed by atoms with Crippen LogP contribution >= 0.6 is 0 Å². The third kappa shape index (κ3) is 2.84. The highest BCUT2D eigenvalue weighted by molar-refractivity contribution is 5.98. The van der Waals surface area contributed by atoms with Gasteiger partial charge in [-0.25, -0.2) is 0 Å². The quantitative estimate of drug-likeness (QED) is 0.592. The van der Waals surface area contributed by atoms with Crippen molar-refractivity contribution in [2.75, 3.05) is 11.4 Å². The van der Waals surface area contributed by atoms with Crippen molar-refractivity contribution in [1.29, 1.82) is 5.41 Å². The van der Waals surface area contributed by atoms with E-state index in [9.17, 15) is 0 Å². The van der Waals surface area contributed by atoms with Gasteiger partial charge in [-0.2, -0.15) is 0 Å². The predicted molar refractivity (Wildman–Crippen MR) is 71.4 cm³/mol. The zero-order valence-corrected chi connectivity index (χ0v) is 11.0. The molecule has 1 aromatic carbocycles. The Kier molecular flexibility index (Phi) is 3.74. The maximum absolute atomic E-state index is 8.21. The van der Waals surface area contributed by atoms with Crippen molar-refractivity contribution >= 4 is 11.5 Å². The summed E-state index contributed by atoms with van der Waals surface area (Å²) in [5.74, 6) is 0.666. The average Bonchev–Trinajstić information content (AvgIpc) is 2.20. The highest BCUT2D eigenvalue weighted by Crippen LogP contribution is 2.23. The number of benzene rings is 1. The second-order valence-corrected chi connectivity index (χ2v) is 5.18. The number of rotatable bonds is 2. The Labute approximate surface area is 98.8 Å². The molecular formula is C14H22N2. The molecule has 0 aromatic heterocycles. The van der Waals surface area contributed by atoms with Gasteiger partial charge in [-0.3, -0.25) is 5.41 Å². The number of anilines is 1. The Morgan fingerprint density at radius 2 is 1.69 bits per heavy atom. The van der Waals surface area contributed by atoms with Gasteiger partial charge >= 0.3 is 0 Å². The fraction of sp³-hybridized carbons (Fsp3) is 0.500. The zero-order valence-electron chi connectivity index (χ0n) is 11.0. The molecule has 1 aromatic rings. The maximum atomic E-state index is 8.21. The van der Waals surface area contributed by atoms with E-state index in [1.807, 2.05) is 0 Å². The van der Waals surface area contributed by atoms with Gasteiger partial charge in [0.1, 0.15) is 5.84 Å². The van der Waals surface area contributed by atoms with Gasteiger partial charge in [0.2, 0.25) is 0 Å². The van der Waals surface area contributed by atoms with E-state index in [0.29, 0.717) is 5.84 Å².